The van der Waals surface area contributed by atoms with Gasteiger partial charge in [0.2, 0.25) is 0 Å². The van der Waals surface area contributed by atoms with Crippen molar-refractivity contribution in [3.63, 3.8) is 0 Å². The number of imidazole rings is 1. The lowest BCUT2D eigenvalue weighted by Gasteiger charge is -2.13. The number of aromatic nitrogens is 2. The summed E-state index contributed by atoms with van der Waals surface area (Å²) in [5, 5.41) is 9.07. The van der Waals surface area contributed by atoms with Gasteiger partial charge in [0.15, 0.2) is 0 Å². The van der Waals surface area contributed by atoms with E-state index in [-0.39, 0.29) is 11.7 Å². The van der Waals surface area contributed by atoms with Crippen LogP contribution >= 0.6 is 0 Å². The number of fused-ring (bicyclic) bond motifs is 1. The largest absolute Gasteiger partial charge is 0.478 e. The molecule has 3 rings (SSSR count). The average molecular weight is 274 g/mol. The predicted octanol–water partition coefficient (Wildman–Crippen LogP) is 2.65. The van der Waals surface area contributed by atoms with Crippen LogP contribution in [0.1, 0.15) is 41.9 Å². The molecular formula is C15H18N2O3. The number of ether oxygens (including phenoxy) is 1. The molecule has 5 nitrogen and oxygen atoms in total. The molecule has 1 saturated carbocycles. The van der Waals surface area contributed by atoms with Crippen molar-refractivity contribution in [1.82, 2.24) is 9.55 Å². The fourth-order valence-corrected chi connectivity index (χ4v) is 2.46. The summed E-state index contributed by atoms with van der Waals surface area (Å²) < 4.78 is 7.52. The molecule has 1 unspecified atom stereocenters. The Morgan fingerprint density at radius 3 is 2.90 bits per heavy atom. The summed E-state index contributed by atoms with van der Waals surface area (Å²) in [5.74, 6) is 0.658. The third-order valence-corrected chi connectivity index (χ3v) is 3.81. The predicted molar refractivity (Wildman–Crippen MR) is 75.1 cm³/mol. The Balaban J connectivity index is 2.09. The Kier molecular flexibility index (Phi) is 3.22. The first kappa shape index (κ1) is 13.1. The molecular weight excluding hydrogens is 256 g/mol. The van der Waals surface area contributed by atoms with Crippen LogP contribution < -0.4 is 0 Å². The maximum atomic E-state index is 11.1. The SMILES string of the molecule is COC(C)Cn1c(C2CC2)nc2cc(C(=O)O)ccc21. The minimum atomic E-state index is -0.917. The van der Waals surface area contributed by atoms with Crippen LogP contribution in [0.25, 0.3) is 11.0 Å². The Morgan fingerprint density at radius 1 is 1.55 bits per heavy atom. The Bertz CT molecular complexity index is 658. The fraction of sp³-hybridized carbons (Fsp3) is 0.467. The highest BCUT2D eigenvalue weighted by atomic mass is 16.5. The number of carbonyl (C=O) groups is 1. The molecule has 0 bridgehead atoms. The van der Waals surface area contributed by atoms with Gasteiger partial charge in [-0.05, 0) is 38.0 Å². The van der Waals surface area contributed by atoms with Crippen LogP contribution in [-0.4, -0.2) is 33.8 Å². The second kappa shape index (κ2) is 4.90. The molecule has 1 aromatic carbocycles. The maximum Gasteiger partial charge on any atom is 0.335 e. The summed E-state index contributed by atoms with van der Waals surface area (Å²) in [4.78, 5) is 15.7. The quantitative estimate of drug-likeness (QED) is 0.910. The third kappa shape index (κ3) is 2.29. The van der Waals surface area contributed by atoms with E-state index < -0.39 is 5.97 Å². The Morgan fingerprint density at radius 2 is 2.30 bits per heavy atom. The van der Waals surface area contributed by atoms with Gasteiger partial charge in [0, 0.05) is 13.0 Å². The van der Waals surface area contributed by atoms with E-state index in [4.69, 9.17) is 9.84 Å². The molecule has 0 aliphatic heterocycles. The van der Waals surface area contributed by atoms with Crippen LogP contribution in [0.15, 0.2) is 18.2 Å². The summed E-state index contributed by atoms with van der Waals surface area (Å²) in [6.45, 7) is 2.76. The van der Waals surface area contributed by atoms with Crippen LogP contribution in [-0.2, 0) is 11.3 Å². The molecule has 0 radical (unpaired) electrons. The van der Waals surface area contributed by atoms with Crippen molar-refractivity contribution < 1.29 is 14.6 Å². The summed E-state index contributed by atoms with van der Waals surface area (Å²) in [5.41, 5.74) is 2.03. The Labute approximate surface area is 117 Å². The zero-order valence-corrected chi connectivity index (χ0v) is 11.7. The number of aromatic carboxylic acids is 1. The van der Waals surface area contributed by atoms with E-state index >= 15 is 0 Å². The van der Waals surface area contributed by atoms with E-state index in [1.807, 2.05) is 13.0 Å². The van der Waals surface area contributed by atoms with E-state index in [1.165, 1.54) is 0 Å². The van der Waals surface area contributed by atoms with Crippen LogP contribution in [0.5, 0.6) is 0 Å². The van der Waals surface area contributed by atoms with Crippen molar-refractivity contribution in [1.29, 1.82) is 0 Å². The minimum absolute atomic E-state index is 0.101. The van der Waals surface area contributed by atoms with Crippen molar-refractivity contribution >= 4 is 17.0 Å². The van der Waals surface area contributed by atoms with E-state index in [1.54, 1.807) is 19.2 Å². The van der Waals surface area contributed by atoms with E-state index in [2.05, 4.69) is 9.55 Å². The number of methoxy groups -OCH3 is 1. The number of hydrogen-bond acceptors (Lipinski definition) is 3. The van der Waals surface area contributed by atoms with Gasteiger partial charge in [0.1, 0.15) is 5.82 Å². The molecule has 1 atom stereocenters. The minimum Gasteiger partial charge on any atom is -0.478 e. The summed E-state index contributed by atoms with van der Waals surface area (Å²) in [6.07, 6.45) is 2.43. The molecule has 1 fully saturated rings. The van der Waals surface area contributed by atoms with E-state index in [9.17, 15) is 4.79 Å². The van der Waals surface area contributed by atoms with Crippen molar-refractivity contribution in [2.45, 2.75) is 38.3 Å². The van der Waals surface area contributed by atoms with Gasteiger partial charge in [0.25, 0.3) is 0 Å². The molecule has 5 heteroatoms. The van der Waals surface area contributed by atoms with Gasteiger partial charge < -0.3 is 14.4 Å². The molecule has 0 amide bonds. The number of benzene rings is 1. The monoisotopic (exact) mass is 274 g/mol. The van der Waals surface area contributed by atoms with Gasteiger partial charge in [-0.1, -0.05) is 0 Å². The van der Waals surface area contributed by atoms with Gasteiger partial charge in [-0.15, -0.1) is 0 Å². The van der Waals surface area contributed by atoms with Crippen molar-refractivity contribution in [3.05, 3.63) is 29.6 Å². The Hall–Kier alpha value is -1.88. The highest BCUT2D eigenvalue weighted by Gasteiger charge is 2.30. The standard InChI is InChI=1S/C15H18N2O3/c1-9(20-2)8-17-13-6-5-11(15(18)19)7-12(13)16-14(17)10-3-4-10/h5-7,9-10H,3-4,8H2,1-2H3,(H,18,19). The number of nitrogens with zero attached hydrogens (tertiary/aromatic N) is 2. The number of rotatable bonds is 5. The lowest BCUT2D eigenvalue weighted by Crippen LogP contribution is -2.16. The fourth-order valence-electron chi connectivity index (χ4n) is 2.46. The molecule has 106 valence electrons. The molecule has 1 aliphatic carbocycles. The van der Waals surface area contributed by atoms with Gasteiger partial charge in [-0.25, -0.2) is 9.78 Å². The van der Waals surface area contributed by atoms with Gasteiger partial charge in [0.05, 0.1) is 29.2 Å². The van der Waals surface area contributed by atoms with Crippen molar-refractivity contribution in [2.24, 2.45) is 0 Å². The average Bonchev–Trinajstić information content (AvgIpc) is 3.22. The number of carboxylic acids is 1. The summed E-state index contributed by atoms with van der Waals surface area (Å²) >= 11 is 0. The molecule has 1 heterocycles. The summed E-state index contributed by atoms with van der Waals surface area (Å²) in [7, 11) is 1.70. The number of hydrogen-bond donors (Lipinski definition) is 1. The first-order valence-electron chi connectivity index (χ1n) is 6.86. The normalized spacial score (nSPS) is 16.5. The second-order valence-electron chi connectivity index (χ2n) is 5.41. The van der Waals surface area contributed by atoms with Crippen LogP contribution in [0.3, 0.4) is 0 Å². The van der Waals surface area contributed by atoms with Crippen LogP contribution in [0.4, 0.5) is 0 Å². The number of carboxylic acid groups (broad SMARTS) is 1. The molecule has 1 N–H and O–H groups in total. The molecule has 0 saturated heterocycles. The highest BCUT2D eigenvalue weighted by Crippen LogP contribution is 2.40. The molecule has 0 spiro atoms. The maximum absolute atomic E-state index is 11.1. The summed E-state index contributed by atoms with van der Waals surface area (Å²) in [6, 6.07) is 5.13. The lowest BCUT2D eigenvalue weighted by molar-refractivity contribution is 0.0697. The third-order valence-electron chi connectivity index (χ3n) is 3.81. The zero-order valence-electron chi connectivity index (χ0n) is 11.7. The highest BCUT2D eigenvalue weighted by molar-refractivity contribution is 5.92. The first-order chi connectivity index (χ1) is 9.60. The van der Waals surface area contributed by atoms with Crippen molar-refractivity contribution in [3.8, 4) is 0 Å². The second-order valence-corrected chi connectivity index (χ2v) is 5.41. The molecule has 20 heavy (non-hydrogen) atoms. The van der Waals surface area contributed by atoms with Crippen molar-refractivity contribution in [2.75, 3.05) is 7.11 Å². The van der Waals surface area contributed by atoms with Crippen LogP contribution in [0.2, 0.25) is 0 Å². The van der Waals surface area contributed by atoms with E-state index in [0.29, 0.717) is 5.92 Å². The topological polar surface area (TPSA) is 64.4 Å². The molecule has 2 aromatic rings. The lowest BCUT2D eigenvalue weighted by atomic mass is 10.2. The first-order valence-corrected chi connectivity index (χ1v) is 6.86. The molecule has 1 aliphatic rings. The van der Waals surface area contributed by atoms with Crippen LogP contribution in [0, 0.1) is 0 Å². The zero-order chi connectivity index (χ0) is 14.3. The van der Waals surface area contributed by atoms with E-state index in [0.717, 1.165) is 36.2 Å². The van der Waals surface area contributed by atoms with Gasteiger partial charge in [-0.2, -0.15) is 0 Å². The smallest absolute Gasteiger partial charge is 0.335 e. The van der Waals surface area contributed by atoms with Gasteiger partial charge in [-0.3, -0.25) is 0 Å². The molecule has 1 aromatic heterocycles. The van der Waals surface area contributed by atoms with Gasteiger partial charge >= 0.3 is 5.97 Å².